The number of hydrogen-bond acceptors (Lipinski definition) is 3. The molecule has 30 heavy (non-hydrogen) atoms. The number of amides is 1. The topological polar surface area (TPSA) is 41.6 Å². The van der Waals surface area contributed by atoms with E-state index in [1.54, 1.807) is 11.0 Å². The molecule has 0 fully saturated rings. The maximum atomic E-state index is 13.1. The number of rotatable bonds is 8. The van der Waals surface area contributed by atoms with Crippen molar-refractivity contribution in [3.63, 3.8) is 0 Å². The lowest BCUT2D eigenvalue weighted by molar-refractivity contribution is 0.0705. The van der Waals surface area contributed by atoms with Gasteiger partial charge < -0.3 is 15.0 Å². The maximum absolute atomic E-state index is 13.1. The van der Waals surface area contributed by atoms with Gasteiger partial charge in [-0.2, -0.15) is 0 Å². The van der Waals surface area contributed by atoms with Gasteiger partial charge in [-0.05, 0) is 36.6 Å². The van der Waals surface area contributed by atoms with Gasteiger partial charge in [0.1, 0.15) is 11.9 Å². The summed E-state index contributed by atoms with van der Waals surface area (Å²) in [6.45, 7) is 4.90. The number of para-hydroxylation sites is 2. The molecule has 3 aromatic rings. The number of anilines is 1. The van der Waals surface area contributed by atoms with Gasteiger partial charge in [0.25, 0.3) is 5.91 Å². The van der Waals surface area contributed by atoms with Crippen LogP contribution in [0.25, 0.3) is 0 Å². The summed E-state index contributed by atoms with van der Waals surface area (Å²) in [4.78, 5) is 14.9. The van der Waals surface area contributed by atoms with E-state index >= 15 is 0 Å². The molecular formula is C26H26N2O2. The molecule has 1 N–H and O–H groups in total. The summed E-state index contributed by atoms with van der Waals surface area (Å²) < 4.78 is 6.16. The van der Waals surface area contributed by atoms with Crippen LogP contribution in [-0.2, 0) is 6.42 Å². The van der Waals surface area contributed by atoms with Gasteiger partial charge in [-0.25, -0.2) is 0 Å². The minimum Gasteiger partial charge on any atom is -0.493 e. The Balaban J connectivity index is 1.53. The molecule has 1 aliphatic heterocycles. The van der Waals surface area contributed by atoms with Crippen LogP contribution >= 0.6 is 0 Å². The Morgan fingerprint density at radius 3 is 2.53 bits per heavy atom. The number of carbonyl (C=O) groups excluding carboxylic acids is 1. The van der Waals surface area contributed by atoms with Crippen molar-refractivity contribution in [3.8, 4) is 5.75 Å². The van der Waals surface area contributed by atoms with Crippen LogP contribution in [0, 0.1) is 0 Å². The van der Waals surface area contributed by atoms with E-state index in [1.165, 1.54) is 5.56 Å². The van der Waals surface area contributed by atoms with Crippen LogP contribution in [0.1, 0.15) is 34.1 Å². The first-order valence-corrected chi connectivity index (χ1v) is 10.3. The highest BCUT2D eigenvalue weighted by molar-refractivity contribution is 6.01. The quantitative estimate of drug-likeness (QED) is 0.405. The second-order valence-electron chi connectivity index (χ2n) is 7.31. The summed E-state index contributed by atoms with van der Waals surface area (Å²) in [5, 5.41) is 3.51. The van der Waals surface area contributed by atoms with E-state index in [4.69, 9.17) is 4.74 Å². The van der Waals surface area contributed by atoms with Gasteiger partial charge in [0, 0.05) is 17.8 Å². The number of nitrogens with zero attached hydrogens (tertiary/aromatic N) is 1. The van der Waals surface area contributed by atoms with E-state index in [0.717, 1.165) is 29.8 Å². The fourth-order valence-electron chi connectivity index (χ4n) is 3.81. The molecule has 0 bridgehead atoms. The largest absolute Gasteiger partial charge is 0.493 e. The Bertz CT molecular complexity index is 1020. The van der Waals surface area contributed by atoms with E-state index in [9.17, 15) is 4.79 Å². The minimum atomic E-state index is -0.310. The Morgan fingerprint density at radius 1 is 0.967 bits per heavy atom. The third-order valence-corrected chi connectivity index (χ3v) is 5.27. The number of aryl methyl sites for hydroxylation is 1. The molecular weight excluding hydrogens is 372 g/mol. The van der Waals surface area contributed by atoms with Gasteiger partial charge >= 0.3 is 0 Å². The Labute approximate surface area is 177 Å². The van der Waals surface area contributed by atoms with Crippen molar-refractivity contribution in [2.24, 2.45) is 0 Å². The summed E-state index contributed by atoms with van der Waals surface area (Å²) in [7, 11) is 0. The molecule has 4 heteroatoms. The van der Waals surface area contributed by atoms with Crippen molar-refractivity contribution in [2.75, 3.05) is 18.5 Å². The average Bonchev–Trinajstić information content (AvgIpc) is 2.80. The highest BCUT2D eigenvalue weighted by Crippen LogP contribution is 2.36. The van der Waals surface area contributed by atoms with Gasteiger partial charge in [-0.3, -0.25) is 4.79 Å². The first-order valence-electron chi connectivity index (χ1n) is 10.3. The van der Waals surface area contributed by atoms with Crippen LogP contribution in [0.4, 0.5) is 5.69 Å². The zero-order valence-electron chi connectivity index (χ0n) is 17.0. The average molecular weight is 399 g/mol. The minimum absolute atomic E-state index is 0.00636. The van der Waals surface area contributed by atoms with Crippen molar-refractivity contribution in [1.29, 1.82) is 0 Å². The van der Waals surface area contributed by atoms with Crippen LogP contribution in [0.5, 0.6) is 5.75 Å². The maximum Gasteiger partial charge on any atom is 0.258 e. The predicted octanol–water partition coefficient (Wildman–Crippen LogP) is 5.45. The van der Waals surface area contributed by atoms with E-state index in [-0.39, 0.29) is 12.1 Å². The summed E-state index contributed by atoms with van der Waals surface area (Å²) in [5.41, 5.74) is 3.77. The van der Waals surface area contributed by atoms with Crippen molar-refractivity contribution in [1.82, 2.24) is 4.90 Å². The smallest absolute Gasteiger partial charge is 0.258 e. The Kier molecular flexibility index (Phi) is 6.14. The molecule has 0 aliphatic carbocycles. The fraction of sp³-hybridized carbons (Fsp3) is 0.192. The first-order chi connectivity index (χ1) is 14.8. The molecule has 4 nitrogen and oxygen atoms in total. The van der Waals surface area contributed by atoms with Crippen molar-refractivity contribution in [3.05, 3.63) is 108 Å². The third kappa shape index (κ3) is 4.23. The van der Waals surface area contributed by atoms with E-state index in [0.29, 0.717) is 18.7 Å². The van der Waals surface area contributed by atoms with Crippen LogP contribution < -0.4 is 10.1 Å². The monoisotopic (exact) mass is 398 g/mol. The Morgan fingerprint density at radius 2 is 1.70 bits per heavy atom. The highest BCUT2D eigenvalue weighted by Gasteiger charge is 2.33. The van der Waals surface area contributed by atoms with Crippen LogP contribution in [-0.4, -0.2) is 24.0 Å². The molecule has 0 spiro atoms. The molecule has 1 amide bonds. The van der Waals surface area contributed by atoms with E-state index in [1.807, 2.05) is 54.6 Å². The molecule has 152 valence electrons. The summed E-state index contributed by atoms with van der Waals surface area (Å²) in [6, 6.07) is 26.0. The number of hydrogen-bond donors (Lipinski definition) is 1. The number of nitrogens with one attached hydrogen (secondary N) is 1. The van der Waals surface area contributed by atoms with E-state index in [2.05, 4.69) is 36.2 Å². The lowest BCUT2D eigenvalue weighted by atomic mass is 10.0. The molecule has 1 unspecified atom stereocenters. The third-order valence-electron chi connectivity index (χ3n) is 5.27. The Hall–Kier alpha value is -3.53. The summed E-state index contributed by atoms with van der Waals surface area (Å²) in [6.07, 6.45) is 3.34. The molecule has 1 heterocycles. The zero-order valence-corrected chi connectivity index (χ0v) is 17.0. The van der Waals surface area contributed by atoms with Gasteiger partial charge in [0.15, 0.2) is 0 Å². The van der Waals surface area contributed by atoms with Gasteiger partial charge in [0.05, 0.1) is 12.2 Å². The van der Waals surface area contributed by atoms with Crippen molar-refractivity contribution < 1.29 is 9.53 Å². The molecule has 3 aromatic carbocycles. The highest BCUT2D eigenvalue weighted by atomic mass is 16.5. The zero-order chi connectivity index (χ0) is 20.8. The predicted molar refractivity (Wildman–Crippen MR) is 121 cm³/mol. The first kappa shape index (κ1) is 19.8. The molecule has 0 saturated heterocycles. The second kappa shape index (κ2) is 9.31. The number of carbonyl (C=O) groups is 1. The molecule has 1 aliphatic rings. The van der Waals surface area contributed by atoms with Crippen LogP contribution in [0.15, 0.2) is 91.5 Å². The SMILES string of the molecule is C=CCN1C(=O)c2ccccc2NC1c1ccccc1OCCCc1ccccc1. The van der Waals surface area contributed by atoms with Gasteiger partial charge in [0.2, 0.25) is 0 Å². The molecule has 0 saturated carbocycles. The normalized spacial score (nSPS) is 15.3. The van der Waals surface area contributed by atoms with Gasteiger partial charge in [-0.15, -0.1) is 6.58 Å². The molecule has 4 rings (SSSR count). The number of ether oxygens (including phenoxy) is 1. The van der Waals surface area contributed by atoms with Gasteiger partial charge in [-0.1, -0.05) is 66.7 Å². The standard InChI is InChI=1S/C26H26N2O2/c1-2-18-28-25(27-23-16-8-6-14-21(23)26(28)29)22-15-7-9-17-24(22)30-19-10-13-20-11-4-3-5-12-20/h2-9,11-12,14-17,25,27H,1,10,13,18-19H2. The number of fused-ring (bicyclic) bond motifs is 1. The lowest BCUT2D eigenvalue weighted by Gasteiger charge is -2.38. The van der Waals surface area contributed by atoms with Crippen LogP contribution in [0.3, 0.4) is 0 Å². The summed E-state index contributed by atoms with van der Waals surface area (Å²) >= 11 is 0. The molecule has 1 atom stereocenters. The summed E-state index contributed by atoms with van der Waals surface area (Å²) in [5.74, 6) is 0.789. The second-order valence-corrected chi connectivity index (χ2v) is 7.31. The van der Waals surface area contributed by atoms with Crippen molar-refractivity contribution >= 4 is 11.6 Å². The molecule has 0 radical (unpaired) electrons. The fourth-order valence-corrected chi connectivity index (χ4v) is 3.81. The van der Waals surface area contributed by atoms with Crippen LogP contribution in [0.2, 0.25) is 0 Å². The molecule has 0 aromatic heterocycles. The van der Waals surface area contributed by atoms with Crippen molar-refractivity contribution in [2.45, 2.75) is 19.0 Å². The number of benzene rings is 3. The van der Waals surface area contributed by atoms with E-state index < -0.39 is 0 Å². The lowest BCUT2D eigenvalue weighted by Crippen LogP contribution is -2.43.